The predicted octanol–water partition coefficient (Wildman–Crippen LogP) is 2.14. The molecule has 16 heavy (non-hydrogen) atoms. The van der Waals surface area contributed by atoms with Gasteiger partial charge in [-0.1, -0.05) is 0 Å². The van der Waals surface area contributed by atoms with Crippen LogP contribution >= 0.6 is 22.9 Å². The standard InChI is InChI=1S/C9H15ClN2O2S2/c1-7(10)4-3-5-12-16(13,14)9-6-11-8(2)15-9/h6-7,12H,3-5H2,1-2H3. The van der Waals surface area contributed by atoms with Crippen LogP contribution in [0.3, 0.4) is 0 Å². The third kappa shape index (κ3) is 4.37. The maximum Gasteiger partial charge on any atom is 0.251 e. The molecule has 1 heterocycles. The molecule has 0 radical (unpaired) electrons. The van der Waals surface area contributed by atoms with Crippen molar-refractivity contribution in [1.29, 1.82) is 0 Å². The van der Waals surface area contributed by atoms with Crippen LogP contribution in [0.1, 0.15) is 24.8 Å². The van der Waals surface area contributed by atoms with Gasteiger partial charge in [-0.05, 0) is 26.7 Å². The number of hydrogen-bond donors (Lipinski definition) is 1. The van der Waals surface area contributed by atoms with Crippen molar-refractivity contribution in [3.05, 3.63) is 11.2 Å². The van der Waals surface area contributed by atoms with E-state index < -0.39 is 10.0 Å². The molecule has 0 saturated carbocycles. The highest BCUT2D eigenvalue weighted by Gasteiger charge is 2.16. The third-order valence-corrected chi connectivity index (χ3v) is 4.99. The molecule has 0 saturated heterocycles. The van der Waals surface area contributed by atoms with Crippen LogP contribution in [0.4, 0.5) is 0 Å². The van der Waals surface area contributed by atoms with E-state index in [1.54, 1.807) is 6.92 Å². The van der Waals surface area contributed by atoms with Crippen LogP contribution in [0.5, 0.6) is 0 Å². The molecule has 0 fully saturated rings. The minimum absolute atomic E-state index is 0.0788. The first-order valence-electron chi connectivity index (χ1n) is 4.98. The Balaban J connectivity index is 2.47. The minimum Gasteiger partial charge on any atom is -0.249 e. The zero-order valence-corrected chi connectivity index (χ0v) is 11.6. The van der Waals surface area contributed by atoms with Gasteiger partial charge in [-0.2, -0.15) is 0 Å². The van der Waals surface area contributed by atoms with E-state index in [0.717, 1.165) is 17.8 Å². The van der Waals surface area contributed by atoms with Gasteiger partial charge in [0.25, 0.3) is 10.0 Å². The highest BCUT2D eigenvalue weighted by atomic mass is 35.5. The zero-order valence-electron chi connectivity index (χ0n) is 9.23. The summed E-state index contributed by atoms with van der Waals surface area (Å²) in [7, 11) is -3.37. The van der Waals surface area contributed by atoms with Gasteiger partial charge in [0.05, 0.1) is 11.2 Å². The average molecular weight is 283 g/mol. The molecule has 0 aromatic carbocycles. The van der Waals surface area contributed by atoms with Crippen molar-refractivity contribution in [1.82, 2.24) is 9.71 Å². The summed E-state index contributed by atoms with van der Waals surface area (Å²) in [5, 5.41) is 0.824. The molecule has 1 aromatic heterocycles. The second kappa shape index (κ2) is 5.95. The normalized spacial score (nSPS) is 13.9. The maximum absolute atomic E-state index is 11.7. The number of thiazole rings is 1. The highest BCUT2D eigenvalue weighted by molar-refractivity contribution is 7.91. The van der Waals surface area contributed by atoms with E-state index in [1.807, 2.05) is 6.92 Å². The molecule has 1 atom stereocenters. The lowest BCUT2D eigenvalue weighted by atomic mass is 10.2. The zero-order chi connectivity index (χ0) is 12.2. The van der Waals surface area contributed by atoms with E-state index in [9.17, 15) is 8.42 Å². The lowest BCUT2D eigenvalue weighted by Crippen LogP contribution is -2.24. The van der Waals surface area contributed by atoms with Crippen LogP contribution < -0.4 is 4.72 Å². The van der Waals surface area contributed by atoms with Crippen LogP contribution in [0.25, 0.3) is 0 Å². The number of aryl methyl sites for hydroxylation is 1. The first-order chi connectivity index (χ1) is 7.42. The van der Waals surface area contributed by atoms with Crippen LogP contribution in [0, 0.1) is 6.92 Å². The summed E-state index contributed by atoms with van der Waals surface area (Å²) in [4.78, 5) is 3.92. The molecular formula is C9H15ClN2O2S2. The largest absolute Gasteiger partial charge is 0.251 e. The predicted molar refractivity (Wildman–Crippen MR) is 66.6 cm³/mol. The fraction of sp³-hybridized carbons (Fsp3) is 0.667. The van der Waals surface area contributed by atoms with Gasteiger partial charge in [-0.15, -0.1) is 22.9 Å². The summed E-state index contributed by atoms with van der Waals surface area (Å²) in [6.07, 6.45) is 2.92. The smallest absolute Gasteiger partial charge is 0.249 e. The molecule has 1 rings (SSSR count). The van der Waals surface area contributed by atoms with Gasteiger partial charge in [0.15, 0.2) is 4.21 Å². The first kappa shape index (κ1) is 13.9. The number of aromatic nitrogens is 1. The number of sulfonamides is 1. The monoisotopic (exact) mass is 282 g/mol. The SMILES string of the molecule is Cc1ncc(S(=O)(=O)NCCCC(C)Cl)s1. The van der Waals surface area contributed by atoms with Crippen LogP contribution in [0.2, 0.25) is 0 Å². The van der Waals surface area contributed by atoms with E-state index in [0.29, 0.717) is 6.54 Å². The molecular weight excluding hydrogens is 268 g/mol. The Morgan fingerprint density at radius 1 is 1.62 bits per heavy atom. The van der Waals surface area contributed by atoms with E-state index in [4.69, 9.17) is 11.6 Å². The summed E-state index contributed by atoms with van der Waals surface area (Å²) in [6.45, 7) is 4.08. The second-order valence-electron chi connectivity index (χ2n) is 3.52. The van der Waals surface area contributed by atoms with Gasteiger partial charge >= 0.3 is 0 Å². The summed E-state index contributed by atoms with van der Waals surface area (Å²) in [6, 6.07) is 0. The van der Waals surface area contributed by atoms with Gasteiger partial charge < -0.3 is 0 Å². The van der Waals surface area contributed by atoms with Crippen LogP contribution in [0.15, 0.2) is 10.4 Å². The van der Waals surface area contributed by atoms with E-state index >= 15 is 0 Å². The molecule has 7 heteroatoms. The lowest BCUT2D eigenvalue weighted by Gasteiger charge is -2.05. The average Bonchev–Trinajstić information content (AvgIpc) is 2.60. The topological polar surface area (TPSA) is 59.1 Å². The molecule has 1 aromatic rings. The van der Waals surface area contributed by atoms with Crippen LogP contribution in [-0.2, 0) is 10.0 Å². The molecule has 0 bridgehead atoms. The van der Waals surface area contributed by atoms with Crippen molar-refractivity contribution < 1.29 is 8.42 Å². The van der Waals surface area contributed by atoms with Gasteiger partial charge in [-0.3, -0.25) is 0 Å². The number of nitrogens with zero attached hydrogens (tertiary/aromatic N) is 1. The Morgan fingerprint density at radius 3 is 2.81 bits per heavy atom. The van der Waals surface area contributed by atoms with Crippen molar-refractivity contribution >= 4 is 33.0 Å². The molecule has 4 nitrogen and oxygen atoms in total. The molecule has 92 valence electrons. The van der Waals surface area contributed by atoms with Gasteiger partial charge in [0.1, 0.15) is 0 Å². The summed E-state index contributed by atoms with van der Waals surface area (Å²) < 4.78 is 26.2. The minimum atomic E-state index is -3.37. The molecule has 0 aliphatic heterocycles. The number of alkyl halides is 1. The summed E-state index contributed by atoms with van der Waals surface area (Å²) in [5.41, 5.74) is 0. The first-order valence-corrected chi connectivity index (χ1v) is 7.71. The number of hydrogen-bond acceptors (Lipinski definition) is 4. The molecule has 0 spiro atoms. The summed E-state index contributed by atoms with van der Waals surface area (Å²) in [5.74, 6) is 0. The Labute approximate surface area is 105 Å². The summed E-state index contributed by atoms with van der Waals surface area (Å²) >= 11 is 6.93. The Morgan fingerprint density at radius 2 is 2.31 bits per heavy atom. The molecule has 0 aliphatic carbocycles. The maximum atomic E-state index is 11.7. The quantitative estimate of drug-likeness (QED) is 0.642. The van der Waals surface area contributed by atoms with Crippen molar-refractivity contribution in [3.63, 3.8) is 0 Å². The van der Waals surface area contributed by atoms with Gasteiger partial charge in [0.2, 0.25) is 0 Å². The Hall–Kier alpha value is -0.170. The van der Waals surface area contributed by atoms with Crippen LogP contribution in [-0.4, -0.2) is 25.3 Å². The Kier molecular flexibility index (Phi) is 5.17. The number of halogens is 1. The molecule has 1 unspecified atom stereocenters. The van der Waals surface area contributed by atoms with E-state index in [-0.39, 0.29) is 9.59 Å². The van der Waals surface area contributed by atoms with Crippen molar-refractivity contribution in [3.8, 4) is 0 Å². The number of nitrogens with one attached hydrogen (secondary N) is 1. The van der Waals surface area contributed by atoms with Crippen molar-refractivity contribution in [2.75, 3.05) is 6.54 Å². The van der Waals surface area contributed by atoms with Crippen molar-refractivity contribution in [2.45, 2.75) is 36.3 Å². The fourth-order valence-electron chi connectivity index (χ4n) is 1.13. The Bertz CT molecular complexity index is 428. The van der Waals surface area contributed by atoms with Gasteiger partial charge in [0, 0.05) is 11.9 Å². The highest BCUT2D eigenvalue weighted by Crippen LogP contribution is 2.17. The molecule has 1 N–H and O–H groups in total. The number of rotatable bonds is 6. The molecule has 0 amide bonds. The van der Waals surface area contributed by atoms with E-state index in [1.165, 1.54) is 17.5 Å². The van der Waals surface area contributed by atoms with E-state index in [2.05, 4.69) is 9.71 Å². The van der Waals surface area contributed by atoms with Gasteiger partial charge in [-0.25, -0.2) is 18.1 Å². The molecule has 0 aliphatic rings. The fourth-order valence-corrected chi connectivity index (χ4v) is 3.51. The third-order valence-electron chi connectivity index (χ3n) is 1.94. The second-order valence-corrected chi connectivity index (χ2v) is 7.49. The van der Waals surface area contributed by atoms with Crippen molar-refractivity contribution in [2.24, 2.45) is 0 Å². The lowest BCUT2D eigenvalue weighted by molar-refractivity contribution is 0.578.